The van der Waals surface area contributed by atoms with Crippen LogP contribution >= 0.6 is 0 Å². The van der Waals surface area contributed by atoms with Gasteiger partial charge in [-0.25, -0.2) is 0 Å². The van der Waals surface area contributed by atoms with Crippen molar-refractivity contribution in [1.29, 1.82) is 0 Å². The summed E-state index contributed by atoms with van der Waals surface area (Å²) in [6, 6.07) is 12.1. The van der Waals surface area contributed by atoms with E-state index in [2.05, 4.69) is 0 Å². The Hall–Kier alpha value is -3.48. The number of amides is 1. The van der Waals surface area contributed by atoms with Gasteiger partial charge in [0.25, 0.3) is 11.7 Å². The van der Waals surface area contributed by atoms with Gasteiger partial charge in [-0.3, -0.25) is 9.59 Å². The summed E-state index contributed by atoms with van der Waals surface area (Å²) < 4.78 is 11.3. The van der Waals surface area contributed by atoms with E-state index < -0.39 is 17.7 Å². The summed E-state index contributed by atoms with van der Waals surface area (Å²) in [5, 5.41) is 11.4. The summed E-state index contributed by atoms with van der Waals surface area (Å²) in [4.78, 5) is 29.8. The van der Waals surface area contributed by atoms with Crippen LogP contribution in [0.2, 0.25) is 0 Å². The Bertz CT molecular complexity index is 1060. The second-order valence-electron chi connectivity index (χ2n) is 8.36. The van der Waals surface area contributed by atoms with Gasteiger partial charge >= 0.3 is 0 Å². The third-order valence-electron chi connectivity index (χ3n) is 5.84. The van der Waals surface area contributed by atoms with Gasteiger partial charge in [0.2, 0.25) is 0 Å². The van der Waals surface area contributed by atoms with Crippen LogP contribution in [0.1, 0.15) is 50.8 Å². The number of aliphatic hydroxyl groups is 1. The van der Waals surface area contributed by atoms with Gasteiger partial charge in [-0.15, -0.1) is 0 Å². The van der Waals surface area contributed by atoms with E-state index in [1.165, 1.54) is 0 Å². The van der Waals surface area contributed by atoms with Crippen molar-refractivity contribution in [3.8, 4) is 11.5 Å². The predicted octanol–water partition coefficient (Wildman–Crippen LogP) is 4.77. The molecule has 1 N–H and O–H groups in total. The second-order valence-corrected chi connectivity index (χ2v) is 8.36. The van der Waals surface area contributed by atoms with Crippen LogP contribution in [0, 0.1) is 0 Å². The van der Waals surface area contributed by atoms with Crippen LogP contribution in [0.5, 0.6) is 11.5 Å². The number of benzene rings is 2. The Balaban J connectivity index is 2.17. The van der Waals surface area contributed by atoms with Crippen molar-refractivity contribution in [1.82, 2.24) is 4.90 Å². The Morgan fingerprint density at radius 2 is 1.68 bits per heavy atom. The first kappa shape index (κ1) is 25.1. The minimum absolute atomic E-state index is 0.0730. The van der Waals surface area contributed by atoms with Crippen molar-refractivity contribution in [3.63, 3.8) is 0 Å². The maximum atomic E-state index is 13.2. The predicted molar refractivity (Wildman–Crippen MR) is 133 cm³/mol. The Kier molecular flexibility index (Phi) is 8.21. The van der Waals surface area contributed by atoms with Crippen molar-refractivity contribution in [2.24, 2.45) is 0 Å². The molecule has 1 atom stereocenters. The number of hydrogen-bond acceptors (Lipinski definition) is 6. The van der Waals surface area contributed by atoms with Crippen LogP contribution in [-0.2, 0) is 9.59 Å². The summed E-state index contributed by atoms with van der Waals surface area (Å²) in [5.41, 5.74) is 2.20. The number of likely N-dealkylation sites (tertiary alicyclic amines) is 1. The van der Waals surface area contributed by atoms with Gasteiger partial charge in [-0.1, -0.05) is 25.5 Å². The molecule has 1 aliphatic rings. The van der Waals surface area contributed by atoms with Crippen LogP contribution in [-0.4, -0.2) is 55.6 Å². The van der Waals surface area contributed by atoms with E-state index in [9.17, 15) is 14.7 Å². The van der Waals surface area contributed by atoms with Crippen molar-refractivity contribution in [3.05, 3.63) is 59.2 Å². The largest absolute Gasteiger partial charge is 0.507 e. The number of carbonyl (C=O) groups is 2. The number of Topliss-reactive ketones (excluding diaryl/α,β-unsaturated/α-hetero) is 1. The molecule has 0 spiro atoms. The molecule has 2 aromatic rings. The number of ether oxygens (including phenoxy) is 2. The van der Waals surface area contributed by atoms with Gasteiger partial charge in [0.1, 0.15) is 17.3 Å². The lowest BCUT2D eigenvalue weighted by atomic mass is 9.94. The quantitative estimate of drug-likeness (QED) is 0.309. The number of anilines is 1. The summed E-state index contributed by atoms with van der Waals surface area (Å²) in [5.74, 6) is -0.535. The second kappa shape index (κ2) is 11.1. The molecule has 182 valence electrons. The molecule has 0 radical (unpaired) electrons. The van der Waals surface area contributed by atoms with Crippen LogP contribution in [0.15, 0.2) is 48.0 Å². The lowest BCUT2D eigenvalue weighted by Crippen LogP contribution is -2.30. The molecular weight excluding hydrogens is 432 g/mol. The molecule has 3 rings (SSSR count). The van der Waals surface area contributed by atoms with Crippen molar-refractivity contribution in [2.45, 2.75) is 39.7 Å². The molecule has 0 aromatic heterocycles. The Morgan fingerprint density at radius 1 is 1.00 bits per heavy atom. The number of aliphatic hydroxyl groups excluding tert-OH is 1. The maximum Gasteiger partial charge on any atom is 0.295 e. The molecule has 1 unspecified atom stereocenters. The van der Waals surface area contributed by atoms with Gasteiger partial charge in [0.15, 0.2) is 0 Å². The minimum Gasteiger partial charge on any atom is -0.507 e. The minimum atomic E-state index is -0.688. The molecule has 0 saturated carbocycles. The van der Waals surface area contributed by atoms with E-state index in [4.69, 9.17) is 9.47 Å². The first-order valence-electron chi connectivity index (χ1n) is 11.8. The van der Waals surface area contributed by atoms with Gasteiger partial charge in [0, 0.05) is 32.4 Å². The molecule has 0 aliphatic carbocycles. The van der Waals surface area contributed by atoms with Crippen molar-refractivity contribution in [2.75, 3.05) is 38.8 Å². The van der Waals surface area contributed by atoms with E-state index in [-0.39, 0.29) is 11.3 Å². The summed E-state index contributed by atoms with van der Waals surface area (Å²) in [6.45, 7) is 7.05. The van der Waals surface area contributed by atoms with Crippen molar-refractivity contribution >= 4 is 23.1 Å². The molecule has 0 bridgehead atoms. The highest BCUT2D eigenvalue weighted by Gasteiger charge is 2.46. The number of ketones is 1. The molecule has 34 heavy (non-hydrogen) atoms. The SMILES string of the molecule is CCCCN1C(=O)C(=O)/C(=C(\O)c2ccc(OCC)cc2OCC)C1c1ccc(N(C)C)cc1. The highest BCUT2D eigenvalue weighted by atomic mass is 16.5. The van der Waals surface area contributed by atoms with Crippen LogP contribution in [0.4, 0.5) is 5.69 Å². The molecule has 7 heteroatoms. The zero-order chi connectivity index (χ0) is 24.8. The first-order valence-corrected chi connectivity index (χ1v) is 11.8. The van der Waals surface area contributed by atoms with Gasteiger partial charge in [0.05, 0.1) is 30.4 Å². The molecule has 1 heterocycles. The van der Waals surface area contributed by atoms with E-state index in [1.54, 1.807) is 23.1 Å². The topological polar surface area (TPSA) is 79.3 Å². The van der Waals surface area contributed by atoms with E-state index in [0.29, 0.717) is 36.8 Å². The highest BCUT2D eigenvalue weighted by molar-refractivity contribution is 6.46. The van der Waals surface area contributed by atoms with Gasteiger partial charge in [-0.05, 0) is 50.1 Å². The Morgan fingerprint density at radius 3 is 2.26 bits per heavy atom. The fourth-order valence-electron chi connectivity index (χ4n) is 4.12. The highest BCUT2D eigenvalue weighted by Crippen LogP contribution is 2.42. The van der Waals surface area contributed by atoms with Gasteiger partial charge < -0.3 is 24.4 Å². The Labute approximate surface area is 201 Å². The lowest BCUT2D eigenvalue weighted by molar-refractivity contribution is -0.139. The smallest absolute Gasteiger partial charge is 0.295 e. The summed E-state index contributed by atoms with van der Waals surface area (Å²) in [7, 11) is 3.90. The molecule has 1 amide bonds. The van der Waals surface area contributed by atoms with Crippen molar-refractivity contribution < 1.29 is 24.2 Å². The third kappa shape index (κ3) is 5.03. The average Bonchev–Trinajstić information content (AvgIpc) is 3.08. The van der Waals surface area contributed by atoms with E-state index in [1.807, 2.05) is 64.0 Å². The number of nitrogens with zero attached hydrogens (tertiary/aromatic N) is 2. The number of rotatable bonds is 10. The zero-order valence-electron chi connectivity index (χ0n) is 20.6. The fourth-order valence-corrected chi connectivity index (χ4v) is 4.12. The van der Waals surface area contributed by atoms with Crippen LogP contribution < -0.4 is 14.4 Å². The number of hydrogen-bond donors (Lipinski definition) is 1. The summed E-state index contributed by atoms with van der Waals surface area (Å²) >= 11 is 0. The van der Waals surface area contributed by atoms with E-state index in [0.717, 1.165) is 24.1 Å². The standard InChI is InChI=1S/C27H34N2O5/c1-6-9-16-29-24(18-10-12-19(13-11-18)28(4)5)23(26(31)27(29)32)25(30)21-15-14-20(33-7-2)17-22(21)34-8-3/h10-15,17,24,30H,6-9,16H2,1-5H3/b25-23-. The maximum absolute atomic E-state index is 13.2. The van der Waals surface area contributed by atoms with Crippen LogP contribution in [0.25, 0.3) is 5.76 Å². The number of carbonyl (C=O) groups excluding carboxylic acids is 2. The lowest BCUT2D eigenvalue weighted by Gasteiger charge is -2.26. The molecule has 7 nitrogen and oxygen atoms in total. The molecule has 1 saturated heterocycles. The third-order valence-corrected chi connectivity index (χ3v) is 5.84. The molecule has 1 aliphatic heterocycles. The molecule has 1 fully saturated rings. The fraction of sp³-hybridized carbons (Fsp3) is 0.407. The zero-order valence-corrected chi connectivity index (χ0v) is 20.6. The normalized spacial score (nSPS) is 17.2. The molecular formula is C27H34N2O5. The summed E-state index contributed by atoms with van der Waals surface area (Å²) in [6.07, 6.45) is 1.63. The first-order chi connectivity index (χ1) is 16.3. The van der Waals surface area contributed by atoms with E-state index >= 15 is 0 Å². The average molecular weight is 467 g/mol. The van der Waals surface area contributed by atoms with Gasteiger partial charge in [-0.2, -0.15) is 0 Å². The number of unbranched alkanes of at least 4 members (excludes halogenated alkanes) is 1. The monoisotopic (exact) mass is 466 g/mol. The molecule has 2 aromatic carbocycles. The van der Waals surface area contributed by atoms with Crippen LogP contribution in [0.3, 0.4) is 0 Å².